The molecular formula is C28H40ClN5O5. The van der Waals surface area contributed by atoms with Crippen molar-refractivity contribution in [1.82, 2.24) is 10.6 Å². The first-order valence-corrected chi connectivity index (χ1v) is 12.9. The highest BCUT2D eigenvalue weighted by molar-refractivity contribution is 5.86. The molecule has 6 N–H and O–H groups in total. The van der Waals surface area contributed by atoms with Crippen LogP contribution in [-0.4, -0.2) is 43.1 Å². The Balaban J connectivity index is 0.00000760. The van der Waals surface area contributed by atoms with Crippen LogP contribution in [0.4, 0.5) is 0 Å². The normalized spacial score (nSPS) is 11.0. The Labute approximate surface area is 236 Å². The van der Waals surface area contributed by atoms with Crippen molar-refractivity contribution in [2.24, 2.45) is 16.5 Å². The Bertz CT molecular complexity index is 1000. The van der Waals surface area contributed by atoms with Crippen molar-refractivity contribution in [2.75, 3.05) is 13.1 Å². The van der Waals surface area contributed by atoms with E-state index in [4.69, 9.17) is 20.9 Å². The number of rotatable bonds is 18. The lowest BCUT2D eigenvalue weighted by Gasteiger charge is -2.19. The highest BCUT2D eigenvalue weighted by Crippen LogP contribution is 2.06. The van der Waals surface area contributed by atoms with Gasteiger partial charge in [0.15, 0.2) is 5.96 Å². The number of carbonyl (C=O) groups excluding carboxylic acids is 3. The Morgan fingerprint density at radius 1 is 0.795 bits per heavy atom. The van der Waals surface area contributed by atoms with Gasteiger partial charge in [0.05, 0.1) is 6.61 Å². The number of hydrogen-bond acceptors (Lipinski definition) is 6. The van der Waals surface area contributed by atoms with Gasteiger partial charge in [-0.05, 0) is 30.4 Å². The van der Waals surface area contributed by atoms with Crippen molar-refractivity contribution >= 4 is 36.2 Å². The maximum atomic E-state index is 12.8. The van der Waals surface area contributed by atoms with Crippen LogP contribution in [0.25, 0.3) is 0 Å². The smallest absolute Gasteiger partial charge is 0.306 e. The number of nitrogens with two attached hydrogens (primary N) is 2. The largest absolute Gasteiger partial charge is 0.461 e. The number of halogens is 1. The van der Waals surface area contributed by atoms with Gasteiger partial charge in [0.1, 0.15) is 6.61 Å². The van der Waals surface area contributed by atoms with E-state index in [2.05, 4.69) is 15.6 Å². The van der Waals surface area contributed by atoms with Gasteiger partial charge in [-0.3, -0.25) is 19.4 Å². The fraction of sp³-hybridized carbons (Fsp3) is 0.429. The second kappa shape index (κ2) is 20.3. The van der Waals surface area contributed by atoms with E-state index in [-0.39, 0.29) is 62.8 Å². The summed E-state index contributed by atoms with van der Waals surface area (Å²) in [5.41, 5.74) is 12.4. The first-order valence-electron chi connectivity index (χ1n) is 12.9. The zero-order valence-corrected chi connectivity index (χ0v) is 23.0. The van der Waals surface area contributed by atoms with Crippen molar-refractivity contribution < 1.29 is 23.9 Å². The summed E-state index contributed by atoms with van der Waals surface area (Å²) in [5, 5.41) is 5.41. The van der Waals surface area contributed by atoms with Gasteiger partial charge in [-0.2, -0.15) is 0 Å². The van der Waals surface area contributed by atoms with Gasteiger partial charge in [-0.25, -0.2) is 0 Å². The third-order valence-corrected chi connectivity index (χ3v) is 5.50. The molecule has 0 aromatic heterocycles. The number of hydrogen-bond donors (Lipinski definition) is 4. The number of ether oxygens (including phenoxy) is 2. The summed E-state index contributed by atoms with van der Waals surface area (Å²) in [5.74, 6) is -1.00. The van der Waals surface area contributed by atoms with Crippen molar-refractivity contribution in [3.05, 3.63) is 71.8 Å². The molecule has 2 aromatic carbocycles. The lowest BCUT2D eigenvalue weighted by molar-refractivity contribution is -0.145. The molecule has 0 aliphatic carbocycles. The van der Waals surface area contributed by atoms with Crippen LogP contribution < -0.4 is 22.1 Å². The average Bonchev–Trinajstić information content (AvgIpc) is 2.92. The number of aliphatic imine (C=N–C) groups is 1. The number of guanidine groups is 1. The topological polar surface area (TPSA) is 158 Å². The molecule has 214 valence electrons. The number of amides is 2. The zero-order chi connectivity index (χ0) is 27.4. The van der Waals surface area contributed by atoms with Crippen molar-refractivity contribution in [3.63, 3.8) is 0 Å². The van der Waals surface area contributed by atoms with Crippen molar-refractivity contribution in [1.29, 1.82) is 0 Å². The molecule has 0 aliphatic heterocycles. The van der Waals surface area contributed by atoms with Gasteiger partial charge in [0.25, 0.3) is 5.91 Å². The van der Waals surface area contributed by atoms with Crippen LogP contribution in [0.15, 0.2) is 65.7 Å². The van der Waals surface area contributed by atoms with Crippen LogP contribution in [0.3, 0.4) is 0 Å². The van der Waals surface area contributed by atoms with Crippen LogP contribution in [-0.2, 0) is 37.1 Å². The minimum Gasteiger partial charge on any atom is -0.461 e. The Morgan fingerprint density at radius 3 is 2.05 bits per heavy atom. The Morgan fingerprint density at radius 2 is 1.41 bits per heavy atom. The molecule has 0 heterocycles. The molecule has 0 spiro atoms. The van der Waals surface area contributed by atoms with Crippen LogP contribution in [0.2, 0.25) is 0 Å². The molecule has 0 saturated carbocycles. The second-order valence-corrected chi connectivity index (χ2v) is 8.76. The third kappa shape index (κ3) is 16.0. The monoisotopic (exact) mass is 561 g/mol. The van der Waals surface area contributed by atoms with Crippen LogP contribution in [0, 0.1) is 0 Å². The van der Waals surface area contributed by atoms with Gasteiger partial charge < -0.3 is 31.6 Å². The molecule has 1 atom stereocenters. The van der Waals surface area contributed by atoms with E-state index in [1.54, 1.807) is 0 Å². The summed E-state index contributed by atoms with van der Waals surface area (Å²) in [7, 11) is 0. The van der Waals surface area contributed by atoms with E-state index >= 15 is 0 Å². The van der Waals surface area contributed by atoms with E-state index in [0.29, 0.717) is 19.4 Å². The molecule has 0 fully saturated rings. The van der Waals surface area contributed by atoms with Gasteiger partial charge in [-0.15, -0.1) is 12.4 Å². The number of nitrogens with zero attached hydrogens (tertiary/aromatic N) is 1. The number of nitrogens with one attached hydrogen (secondary N) is 2. The van der Waals surface area contributed by atoms with Crippen LogP contribution in [0.5, 0.6) is 0 Å². The standard InChI is InChI=1S/C28H39N5O5.ClH/c29-28(30)32-18-10-2-1-9-16-24(34)33-27(38-21-23-14-7-4-8-15-23)26(36)31-19-11-17-25(35)37-20-22-12-5-3-6-13-22;/h3-8,12-15,27H,1-2,9-11,16-21H2,(H,31,36)(H,33,34)(H4,29,30,32);1H. The number of unbranched alkanes of at least 4 members (excludes halogenated alkanes) is 3. The highest BCUT2D eigenvalue weighted by Gasteiger charge is 2.21. The van der Waals surface area contributed by atoms with Gasteiger partial charge in [0.2, 0.25) is 12.1 Å². The summed E-state index contributed by atoms with van der Waals surface area (Å²) in [6.07, 6.45) is 2.94. The van der Waals surface area contributed by atoms with E-state index in [0.717, 1.165) is 30.4 Å². The number of benzene rings is 2. The third-order valence-electron chi connectivity index (χ3n) is 5.50. The summed E-state index contributed by atoms with van der Waals surface area (Å²) < 4.78 is 11.0. The maximum Gasteiger partial charge on any atom is 0.306 e. The maximum absolute atomic E-state index is 12.8. The Hall–Kier alpha value is -3.63. The molecule has 0 aliphatic rings. The predicted molar refractivity (Wildman–Crippen MR) is 153 cm³/mol. The number of esters is 1. The fourth-order valence-corrected chi connectivity index (χ4v) is 3.46. The summed E-state index contributed by atoms with van der Waals surface area (Å²) >= 11 is 0. The van der Waals surface area contributed by atoms with E-state index < -0.39 is 12.1 Å². The predicted octanol–water partition coefficient (Wildman–Crippen LogP) is 2.93. The first kappa shape index (κ1) is 33.4. The molecule has 1 unspecified atom stereocenters. The van der Waals surface area contributed by atoms with E-state index in [1.165, 1.54) is 0 Å². The SMILES string of the molecule is Cl.NC(N)=NCCCCCCC(=O)NC(OCc1ccccc1)C(=O)NCCCC(=O)OCc1ccccc1. The second-order valence-electron chi connectivity index (χ2n) is 8.76. The average molecular weight is 562 g/mol. The minimum atomic E-state index is -1.14. The van der Waals surface area contributed by atoms with E-state index in [1.807, 2.05) is 60.7 Å². The lowest BCUT2D eigenvalue weighted by atomic mass is 10.1. The van der Waals surface area contributed by atoms with Gasteiger partial charge in [0, 0.05) is 25.9 Å². The molecule has 11 heteroatoms. The zero-order valence-electron chi connectivity index (χ0n) is 22.2. The van der Waals surface area contributed by atoms with Crippen LogP contribution >= 0.6 is 12.4 Å². The first-order chi connectivity index (χ1) is 18.4. The molecule has 10 nitrogen and oxygen atoms in total. The molecule has 0 radical (unpaired) electrons. The minimum absolute atomic E-state index is 0. The quantitative estimate of drug-likeness (QED) is 0.0716. The number of carbonyl (C=O) groups is 3. The molecular weight excluding hydrogens is 522 g/mol. The van der Waals surface area contributed by atoms with Crippen LogP contribution in [0.1, 0.15) is 56.1 Å². The summed E-state index contributed by atoms with van der Waals surface area (Å²) in [6, 6.07) is 18.8. The van der Waals surface area contributed by atoms with Crippen molar-refractivity contribution in [2.45, 2.75) is 64.4 Å². The summed E-state index contributed by atoms with van der Waals surface area (Å²) in [6.45, 7) is 1.19. The lowest BCUT2D eigenvalue weighted by Crippen LogP contribution is -2.48. The highest BCUT2D eigenvalue weighted by atomic mass is 35.5. The molecule has 39 heavy (non-hydrogen) atoms. The molecule has 2 aromatic rings. The molecule has 2 rings (SSSR count). The van der Waals surface area contributed by atoms with Crippen molar-refractivity contribution in [3.8, 4) is 0 Å². The molecule has 2 amide bonds. The fourth-order valence-electron chi connectivity index (χ4n) is 3.46. The van der Waals surface area contributed by atoms with Gasteiger partial charge >= 0.3 is 5.97 Å². The molecule has 0 bridgehead atoms. The molecule has 0 saturated heterocycles. The summed E-state index contributed by atoms with van der Waals surface area (Å²) in [4.78, 5) is 41.1. The Kier molecular flexibility index (Phi) is 17.4. The van der Waals surface area contributed by atoms with E-state index in [9.17, 15) is 14.4 Å². The van der Waals surface area contributed by atoms with Gasteiger partial charge in [-0.1, -0.05) is 73.5 Å².